The van der Waals surface area contributed by atoms with Crippen LogP contribution < -0.4 is 16.2 Å². The van der Waals surface area contributed by atoms with Gasteiger partial charge in [-0.1, -0.05) is 6.07 Å². The third kappa shape index (κ3) is 3.77. The van der Waals surface area contributed by atoms with Crippen molar-refractivity contribution in [3.63, 3.8) is 0 Å². The molecule has 3 heterocycles. The first-order valence-corrected chi connectivity index (χ1v) is 11.1. The van der Waals surface area contributed by atoms with Crippen LogP contribution in [-0.2, 0) is 0 Å². The first-order chi connectivity index (χ1) is 17.0. The van der Waals surface area contributed by atoms with Crippen molar-refractivity contribution >= 4 is 39.2 Å². The van der Waals surface area contributed by atoms with Crippen LogP contribution in [0.25, 0.3) is 38.8 Å². The molecule has 172 valence electrons. The molecule has 35 heavy (non-hydrogen) atoms. The Labute approximate surface area is 200 Å². The number of nitrogens with zero attached hydrogens (tertiary/aromatic N) is 4. The predicted molar refractivity (Wildman–Crippen MR) is 138 cm³/mol. The molecule has 0 saturated carbocycles. The fourth-order valence-corrected chi connectivity index (χ4v) is 4.12. The number of fused-ring (bicyclic) bond motifs is 2. The smallest absolute Gasteiger partial charge is 0.281 e. The molecule has 0 radical (unpaired) electrons. The molecule has 4 N–H and O–H groups in total. The molecule has 9 nitrogen and oxygen atoms in total. The Hall–Kier alpha value is -4.97. The minimum atomic E-state index is -0.347. The van der Waals surface area contributed by atoms with Gasteiger partial charge in [0.15, 0.2) is 0 Å². The van der Waals surface area contributed by atoms with Crippen molar-refractivity contribution in [2.24, 2.45) is 0 Å². The van der Waals surface area contributed by atoms with Crippen molar-refractivity contribution in [2.45, 2.75) is 6.92 Å². The molecule has 0 aliphatic heterocycles. The minimum Gasteiger partial charge on any atom is -0.393 e. The van der Waals surface area contributed by atoms with Gasteiger partial charge in [0.2, 0.25) is 0 Å². The molecule has 3 aromatic heterocycles. The predicted octanol–water partition coefficient (Wildman–Crippen LogP) is 3.78. The van der Waals surface area contributed by atoms with E-state index in [1.54, 1.807) is 37.7 Å². The number of benzene rings is 1. The summed E-state index contributed by atoms with van der Waals surface area (Å²) in [6.07, 6.45) is 8.43. The van der Waals surface area contributed by atoms with Crippen LogP contribution in [0.4, 0.5) is 5.82 Å². The van der Waals surface area contributed by atoms with Crippen LogP contribution in [0.1, 0.15) is 12.5 Å². The third-order valence-corrected chi connectivity index (χ3v) is 5.75. The van der Waals surface area contributed by atoms with Gasteiger partial charge < -0.3 is 21.0 Å². The lowest BCUT2D eigenvalue weighted by Crippen LogP contribution is -2.25. The molecule has 0 atom stereocenters. The maximum absolute atomic E-state index is 13.9. The van der Waals surface area contributed by atoms with E-state index in [1.807, 2.05) is 37.3 Å². The maximum atomic E-state index is 13.9. The van der Waals surface area contributed by atoms with Gasteiger partial charge in [0, 0.05) is 42.5 Å². The second-order valence-electron chi connectivity index (χ2n) is 7.97. The van der Waals surface area contributed by atoms with Crippen LogP contribution in [0.2, 0.25) is 0 Å². The standard InChI is InChI=1S/C26H22N8O/c1-3-30-23-9-8-22-25(32-23)24(15-4-7-21-19(11-15)17(12-27)14-31-21)26(35)34(33-22)18-5-6-20(28)16(10-18)13-29-2/h4-11,13-14,28-29,31H,3H2,1-2H3,(H,30,32)/b16-13-,28-20?. The van der Waals surface area contributed by atoms with Crippen LogP contribution >= 0.6 is 0 Å². The molecule has 0 unspecified atom stereocenters. The van der Waals surface area contributed by atoms with E-state index in [0.717, 1.165) is 10.9 Å². The summed E-state index contributed by atoms with van der Waals surface area (Å²) in [6, 6.07) is 11.4. The number of allylic oxidation sites excluding steroid dienone is 5. The second-order valence-corrected chi connectivity index (χ2v) is 7.97. The molecule has 9 heteroatoms. The van der Waals surface area contributed by atoms with E-state index in [9.17, 15) is 10.1 Å². The van der Waals surface area contributed by atoms with E-state index in [1.165, 1.54) is 4.68 Å². The van der Waals surface area contributed by atoms with Crippen molar-refractivity contribution in [2.75, 3.05) is 18.9 Å². The number of hydrogen-bond donors (Lipinski definition) is 4. The number of hydrogen-bond acceptors (Lipinski definition) is 7. The van der Waals surface area contributed by atoms with Crippen LogP contribution in [0.3, 0.4) is 0 Å². The lowest BCUT2D eigenvalue weighted by atomic mass is 10.0. The van der Waals surface area contributed by atoms with Gasteiger partial charge in [-0.15, -0.1) is 0 Å². The largest absolute Gasteiger partial charge is 0.393 e. The van der Waals surface area contributed by atoms with E-state index >= 15 is 0 Å². The zero-order valence-electron chi connectivity index (χ0n) is 19.2. The molecule has 4 aromatic rings. The van der Waals surface area contributed by atoms with Gasteiger partial charge in [-0.05, 0) is 55.0 Å². The number of anilines is 1. The highest BCUT2D eigenvalue weighted by atomic mass is 16.1. The summed E-state index contributed by atoms with van der Waals surface area (Å²) >= 11 is 0. The van der Waals surface area contributed by atoms with Crippen molar-refractivity contribution < 1.29 is 0 Å². The third-order valence-electron chi connectivity index (χ3n) is 5.75. The quantitative estimate of drug-likeness (QED) is 0.356. The highest BCUT2D eigenvalue weighted by molar-refractivity contribution is 6.12. The molecule has 1 aromatic carbocycles. The second kappa shape index (κ2) is 8.76. The van der Waals surface area contributed by atoms with Crippen LogP contribution in [-0.4, -0.2) is 39.1 Å². The average molecular weight is 463 g/mol. The van der Waals surface area contributed by atoms with Crippen molar-refractivity contribution in [3.05, 3.63) is 82.4 Å². The highest BCUT2D eigenvalue weighted by Gasteiger charge is 2.19. The topological polar surface area (TPSA) is 135 Å². The number of H-pyrrole nitrogens is 1. The van der Waals surface area contributed by atoms with Crippen molar-refractivity contribution in [1.82, 2.24) is 25.1 Å². The highest BCUT2D eigenvalue weighted by Crippen LogP contribution is 2.29. The Morgan fingerprint density at radius 1 is 1.26 bits per heavy atom. The van der Waals surface area contributed by atoms with Gasteiger partial charge in [-0.2, -0.15) is 15.0 Å². The molecular formula is C26H22N8O. The molecule has 0 spiro atoms. The van der Waals surface area contributed by atoms with Crippen LogP contribution in [0.5, 0.6) is 0 Å². The van der Waals surface area contributed by atoms with Gasteiger partial charge in [-0.3, -0.25) is 4.79 Å². The van der Waals surface area contributed by atoms with Gasteiger partial charge in [0.05, 0.1) is 22.5 Å². The summed E-state index contributed by atoms with van der Waals surface area (Å²) < 4.78 is 1.34. The number of rotatable bonds is 5. The lowest BCUT2D eigenvalue weighted by Gasteiger charge is -2.15. The van der Waals surface area contributed by atoms with Crippen molar-refractivity contribution in [3.8, 4) is 17.2 Å². The first-order valence-electron chi connectivity index (χ1n) is 11.1. The first kappa shape index (κ1) is 21.9. The number of aromatic amines is 1. The maximum Gasteiger partial charge on any atom is 0.281 e. The molecule has 1 aliphatic carbocycles. The Morgan fingerprint density at radius 2 is 2.11 bits per heavy atom. The zero-order chi connectivity index (χ0) is 24.5. The monoisotopic (exact) mass is 462 g/mol. The van der Waals surface area contributed by atoms with E-state index < -0.39 is 0 Å². The fourth-order valence-electron chi connectivity index (χ4n) is 4.12. The lowest BCUT2D eigenvalue weighted by molar-refractivity contribution is 0.858. The van der Waals surface area contributed by atoms with Gasteiger partial charge in [-0.25, -0.2) is 4.98 Å². The Kier molecular flexibility index (Phi) is 5.47. The Bertz CT molecular complexity index is 1690. The van der Waals surface area contributed by atoms with Crippen LogP contribution in [0, 0.1) is 16.7 Å². The number of nitrogens with one attached hydrogen (secondary N) is 4. The van der Waals surface area contributed by atoms with Gasteiger partial charge in [0.25, 0.3) is 5.56 Å². The van der Waals surface area contributed by atoms with Gasteiger partial charge >= 0.3 is 0 Å². The van der Waals surface area contributed by atoms with E-state index in [2.05, 4.69) is 26.8 Å². The average Bonchev–Trinajstić information content (AvgIpc) is 3.28. The van der Waals surface area contributed by atoms with E-state index in [-0.39, 0.29) is 5.56 Å². The molecule has 0 fully saturated rings. The molecule has 1 aliphatic rings. The summed E-state index contributed by atoms with van der Waals surface area (Å²) in [5, 5.41) is 29.1. The Morgan fingerprint density at radius 3 is 2.89 bits per heavy atom. The SMILES string of the molecule is CCNc1ccc2nn(C3=C/C(=C/NC)C(=N)C=C3)c(=O)c(-c3ccc4[nH]cc(C#N)c4c3)c2n1. The summed E-state index contributed by atoms with van der Waals surface area (Å²) in [7, 11) is 1.75. The molecule has 0 amide bonds. The summed E-state index contributed by atoms with van der Waals surface area (Å²) in [5.74, 6) is 0.644. The van der Waals surface area contributed by atoms with E-state index in [4.69, 9.17) is 10.4 Å². The molecule has 5 rings (SSSR count). The van der Waals surface area contributed by atoms with E-state index in [0.29, 0.717) is 57.1 Å². The number of pyridine rings is 1. The molecule has 0 saturated heterocycles. The minimum absolute atomic E-state index is 0.330. The number of aromatic nitrogens is 4. The zero-order valence-corrected chi connectivity index (χ0v) is 19.2. The fraction of sp³-hybridized carbons (Fsp3) is 0.115. The summed E-state index contributed by atoms with van der Waals surface area (Å²) in [4.78, 5) is 21.7. The molecule has 0 bridgehead atoms. The normalized spacial score (nSPS) is 14.4. The number of nitriles is 1. The summed E-state index contributed by atoms with van der Waals surface area (Å²) in [5.41, 5.74) is 4.50. The van der Waals surface area contributed by atoms with Gasteiger partial charge in [0.1, 0.15) is 22.9 Å². The van der Waals surface area contributed by atoms with Crippen LogP contribution in [0.15, 0.2) is 71.3 Å². The summed E-state index contributed by atoms with van der Waals surface area (Å²) in [6.45, 7) is 2.66. The molecular weight excluding hydrogens is 440 g/mol. The van der Waals surface area contributed by atoms with Crippen molar-refractivity contribution in [1.29, 1.82) is 10.7 Å². The Balaban J connectivity index is 1.82.